The van der Waals surface area contributed by atoms with Crippen LogP contribution >= 0.6 is 0 Å². The number of hydrogen-bond donors (Lipinski definition) is 1. The van der Waals surface area contributed by atoms with Crippen molar-refractivity contribution in [3.8, 4) is 16.9 Å². The highest BCUT2D eigenvalue weighted by molar-refractivity contribution is 6.00. The third-order valence-electron chi connectivity index (χ3n) is 6.08. The topological polar surface area (TPSA) is 56.1 Å². The van der Waals surface area contributed by atoms with Crippen LogP contribution in [0.1, 0.15) is 37.1 Å². The first-order valence-corrected chi connectivity index (χ1v) is 10.4. The van der Waals surface area contributed by atoms with Crippen LogP contribution in [0.15, 0.2) is 65.9 Å². The molecule has 0 fully saturated rings. The Morgan fingerprint density at radius 2 is 1.80 bits per heavy atom. The van der Waals surface area contributed by atoms with Gasteiger partial charge in [0, 0.05) is 23.3 Å². The van der Waals surface area contributed by atoms with Crippen LogP contribution in [0.4, 0.5) is 5.82 Å². The Kier molecular flexibility index (Phi) is 4.46. The predicted octanol–water partition coefficient (Wildman–Crippen LogP) is 5.14. The van der Waals surface area contributed by atoms with E-state index in [-0.39, 0.29) is 11.8 Å². The average Bonchev–Trinajstić information content (AvgIpc) is 3.08. The monoisotopic (exact) mass is 399 g/mol. The summed E-state index contributed by atoms with van der Waals surface area (Å²) in [6.45, 7) is 4.17. The van der Waals surface area contributed by atoms with Gasteiger partial charge in [-0.3, -0.25) is 4.79 Å². The van der Waals surface area contributed by atoms with Gasteiger partial charge in [0.1, 0.15) is 17.6 Å². The molecule has 2 aromatic carbocycles. The SMILES string of the molecule is COc1ccc(C2C3=C(CC(C)CC3=O)Nc3c(-c4ccccc4)c(C)nn32)cc1. The van der Waals surface area contributed by atoms with E-state index >= 15 is 0 Å². The standard InChI is InChI=1S/C25H25N3O2/c1-15-13-20-23(21(29)14-15)24(18-9-11-19(30-3)12-10-18)28-25(26-20)22(16(2)27-28)17-7-5-4-6-8-17/h4-12,15,24,26H,13-14H2,1-3H3. The summed E-state index contributed by atoms with van der Waals surface area (Å²) in [5.41, 5.74) is 6.07. The van der Waals surface area contributed by atoms with E-state index in [2.05, 4.69) is 24.4 Å². The van der Waals surface area contributed by atoms with Crippen LogP contribution in [0.2, 0.25) is 0 Å². The Morgan fingerprint density at radius 1 is 1.07 bits per heavy atom. The molecule has 3 aromatic rings. The summed E-state index contributed by atoms with van der Waals surface area (Å²) in [5, 5.41) is 8.51. The minimum atomic E-state index is -0.238. The Labute approximate surface area is 176 Å². The number of benzene rings is 2. The number of Topliss-reactive ketones (excluding diaryl/α,β-unsaturated/α-hetero) is 1. The summed E-state index contributed by atoms with van der Waals surface area (Å²) in [6, 6.07) is 18.0. The van der Waals surface area contributed by atoms with Crippen molar-refractivity contribution in [2.75, 3.05) is 12.4 Å². The summed E-state index contributed by atoms with van der Waals surface area (Å²) in [6.07, 6.45) is 1.44. The van der Waals surface area contributed by atoms with Gasteiger partial charge < -0.3 is 10.1 Å². The van der Waals surface area contributed by atoms with Gasteiger partial charge in [0.15, 0.2) is 5.78 Å². The largest absolute Gasteiger partial charge is 0.497 e. The number of methoxy groups -OCH3 is 1. The van der Waals surface area contributed by atoms with Gasteiger partial charge in [0.25, 0.3) is 0 Å². The minimum Gasteiger partial charge on any atom is -0.497 e. The van der Waals surface area contributed by atoms with Gasteiger partial charge in [-0.2, -0.15) is 5.10 Å². The van der Waals surface area contributed by atoms with Crippen LogP contribution in [-0.4, -0.2) is 22.7 Å². The highest BCUT2D eigenvalue weighted by Crippen LogP contribution is 2.45. The number of carbonyl (C=O) groups excluding carboxylic acids is 1. The van der Waals surface area contributed by atoms with E-state index in [9.17, 15) is 4.79 Å². The molecule has 5 rings (SSSR count). The number of allylic oxidation sites excluding steroid dienone is 2. The maximum absolute atomic E-state index is 13.2. The third-order valence-corrected chi connectivity index (χ3v) is 6.08. The van der Waals surface area contributed by atoms with Crippen molar-refractivity contribution >= 4 is 11.6 Å². The number of fused-ring (bicyclic) bond motifs is 1. The minimum absolute atomic E-state index is 0.206. The first kappa shape index (κ1) is 18.7. The molecule has 0 bridgehead atoms. The lowest BCUT2D eigenvalue weighted by Gasteiger charge is -2.35. The van der Waals surface area contributed by atoms with E-state index < -0.39 is 0 Å². The number of rotatable bonds is 3. The van der Waals surface area contributed by atoms with Crippen molar-refractivity contribution in [3.63, 3.8) is 0 Å². The molecule has 1 N–H and O–H groups in total. The van der Waals surface area contributed by atoms with Crippen LogP contribution in [-0.2, 0) is 4.79 Å². The van der Waals surface area contributed by atoms with Gasteiger partial charge in [0.2, 0.25) is 0 Å². The highest BCUT2D eigenvalue weighted by atomic mass is 16.5. The number of ketones is 1. The first-order chi connectivity index (χ1) is 14.6. The number of ether oxygens (including phenoxy) is 1. The Bertz CT molecular complexity index is 1140. The molecule has 2 heterocycles. The van der Waals surface area contributed by atoms with Crippen molar-refractivity contribution in [1.82, 2.24) is 9.78 Å². The molecule has 1 aromatic heterocycles. The number of nitrogens with one attached hydrogen (secondary N) is 1. The number of anilines is 1. The summed E-state index contributed by atoms with van der Waals surface area (Å²) >= 11 is 0. The van der Waals surface area contributed by atoms with E-state index in [4.69, 9.17) is 9.84 Å². The predicted molar refractivity (Wildman–Crippen MR) is 118 cm³/mol. The lowest BCUT2D eigenvalue weighted by Crippen LogP contribution is -2.33. The van der Waals surface area contributed by atoms with Crippen molar-refractivity contribution < 1.29 is 9.53 Å². The van der Waals surface area contributed by atoms with E-state index in [0.29, 0.717) is 12.3 Å². The molecule has 0 spiro atoms. The normalized spacial score (nSPS) is 20.4. The zero-order valence-corrected chi connectivity index (χ0v) is 17.5. The van der Waals surface area contributed by atoms with Crippen LogP contribution in [0.3, 0.4) is 0 Å². The molecule has 30 heavy (non-hydrogen) atoms. The lowest BCUT2D eigenvalue weighted by atomic mass is 9.81. The second-order valence-corrected chi connectivity index (χ2v) is 8.25. The smallest absolute Gasteiger partial charge is 0.163 e. The third kappa shape index (κ3) is 2.93. The van der Waals surface area contributed by atoms with Gasteiger partial charge in [0.05, 0.1) is 12.8 Å². The van der Waals surface area contributed by atoms with Gasteiger partial charge in [-0.25, -0.2) is 4.68 Å². The molecule has 2 unspecified atom stereocenters. The fourth-order valence-corrected chi connectivity index (χ4v) is 4.73. The average molecular weight is 399 g/mol. The lowest BCUT2D eigenvalue weighted by molar-refractivity contribution is -0.117. The fraction of sp³-hybridized carbons (Fsp3) is 0.280. The number of aromatic nitrogens is 2. The maximum Gasteiger partial charge on any atom is 0.163 e. The van der Waals surface area contributed by atoms with Crippen LogP contribution < -0.4 is 10.1 Å². The molecule has 0 radical (unpaired) electrons. The first-order valence-electron chi connectivity index (χ1n) is 10.4. The zero-order valence-electron chi connectivity index (χ0n) is 17.5. The molecule has 5 heteroatoms. The summed E-state index contributed by atoms with van der Waals surface area (Å²) < 4.78 is 7.33. The number of hydrogen-bond acceptors (Lipinski definition) is 4. The highest BCUT2D eigenvalue weighted by Gasteiger charge is 2.39. The molecular formula is C25H25N3O2. The van der Waals surface area contributed by atoms with Crippen molar-refractivity contribution in [2.45, 2.75) is 32.7 Å². The summed E-state index contributed by atoms with van der Waals surface area (Å²) in [4.78, 5) is 13.2. The Hall–Kier alpha value is -3.34. The van der Waals surface area contributed by atoms with Gasteiger partial charge in [-0.15, -0.1) is 0 Å². The molecule has 2 aliphatic rings. The number of carbonyl (C=O) groups is 1. The van der Waals surface area contributed by atoms with Crippen LogP contribution in [0.25, 0.3) is 11.1 Å². The molecule has 1 aliphatic carbocycles. The van der Waals surface area contributed by atoms with Gasteiger partial charge in [-0.05, 0) is 42.5 Å². The van der Waals surface area contributed by atoms with E-state index in [1.54, 1.807) is 7.11 Å². The summed E-state index contributed by atoms with van der Waals surface area (Å²) in [5.74, 6) is 2.29. The molecule has 0 saturated carbocycles. The Morgan fingerprint density at radius 3 is 2.50 bits per heavy atom. The van der Waals surface area contributed by atoms with E-state index in [0.717, 1.165) is 51.6 Å². The van der Waals surface area contributed by atoms with Crippen molar-refractivity contribution in [1.29, 1.82) is 0 Å². The zero-order chi connectivity index (χ0) is 20.8. The molecule has 2 atom stereocenters. The van der Waals surface area contributed by atoms with Gasteiger partial charge in [-0.1, -0.05) is 49.4 Å². The number of aryl methyl sites for hydroxylation is 1. The van der Waals surface area contributed by atoms with Crippen LogP contribution in [0.5, 0.6) is 5.75 Å². The molecule has 0 amide bonds. The molecular weight excluding hydrogens is 374 g/mol. The second kappa shape index (κ2) is 7.17. The molecule has 152 valence electrons. The molecule has 5 nitrogen and oxygen atoms in total. The molecule has 1 aliphatic heterocycles. The quantitative estimate of drug-likeness (QED) is 0.663. The fourth-order valence-electron chi connectivity index (χ4n) is 4.73. The van der Waals surface area contributed by atoms with E-state index in [1.807, 2.05) is 54.1 Å². The maximum atomic E-state index is 13.2. The van der Waals surface area contributed by atoms with Crippen molar-refractivity contribution in [2.24, 2.45) is 5.92 Å². The second-order valence-electron chi connectivity index (χ2n) is 8.25. The Balaban J connectivity index is 1.72. The van der Waals surface area contributed by atoms with Gasteiger partial charge >= 0.3 is 0 Å². The van der Waals surface area contributed by atoms with E-state index in [1.165, 1.54) is 0 Å². The van der Waals surface area contributed by atoms with Crippen molar-refractivity contribution in [3.05, 3.63) is 77.1 Å². The molecule has 0 saturated heterocycles. The van der Waals surface area contributed by atoms with Crippen LogP contribution in [0, 0.1) is 12.8 Å². The number of nitrogens with zero attached hydrogens (tertiary/aromatic N) is 2. The summed E-state index contributed by atoms with van der Waals surface area (Å²) in [7, 11) is 1.66.